The molecule has 0 fully saturated rings. The van der Waals surface area contributed by atoms with Crippen molar-refractivity contribution >= 4 is 17.6 Å². The van der Waals surface area contributed by atoms with Gasteiger partial charge in [0.25, 0.3) is 0 Å². The van der Waals surface area contributed by atoms with Crippen LogP contribution in [0, 0.1) is 11.6 Å². The van der Waals surface area contributed by atoms with Crippen LogP contribution < -0.4 is 5.32 Å². The van der Waals surface area contributed by atoms with Gasteiger partial charge >= 0.3 is 6.01 Å². The third-order valence-corrected chi connectivity index (χ3v) is 2.41. The van der Waals surface area contributed by atoms with Crippen molar-refractivity contribution < 1.29 is 13.2 Å². The lowest BCUT2D eigenvalue weighted by Crippen LogP contribution is -2.02. The summed E-state index contributed by atoms with van der Waals surface area (Å²) in [6, 6.07) is 3.48. The largest absolute Gasteiger partial charge is 0.406 e. The van der Waals surface area contributed by atoms with Crippen LogP contribution in [0.3, 0.4) is 0 Å². The lowest BCUT2D eigenvalue weighted by molar-refractivity contribution is 0.505. The minimum atomic E-state index is -0.632. The summed E-state index contributed by atoms with van der Waals surface area (Å²) in [5, 5.41) is 9.73. The lowest BCUT2D eigenvalue weighted by atomic mass is 10.2. The average molecular weight is 274 g/mol. The van der Waals surface area contributed by atoms with Gasteiger partial charge in [0.05, 0.1) is 0 Å². The van der Waals surface area contributed by atoms with Gasteiger partial charge in [0, 0.05) is 18.2 Å². The van der Waals surface area contributed by atoms with Crippen molar-refractivity contribution in [3.8, 4) is 0 Å². The van der Waals surface area contributed by atoms with E-state index in [9.17, 15) is 8.78 Å². The second-order valence-corrected chi connectivity index (χ2v) is 4.31. The van der Waals surface area contributed by atoms with Gasteiger partial charge in [-0.25, -0.2) is 8.78 Å². The van der Waals surface area contributed by atoms with Crippen molar-refractivity contribution in [3.05, 3.63) is 41.3 Å². The number of nitrogens with zero attached hydrogens (tertiary/aromatic N) is 2. The molecule has 1 N–H and O–H groups in total. The number of halogens is 3. The van der Waals surface area contributed by atoms with Crippen LogP contribution >= 0.6 is 11.6 Å². The summed E-state index contributed by atoms with van der Waals surface area (Å²) in [5.41, 5.74) is 0.301. The van der Waals surface area contributed by atoms with Gasteiger partial charge < -0.3 is 9.73 Å². The van der Waals surface area contributed by atoms with Crippen LogP contribution in [-0.4, -0.2) is 10.2 Å². The lowest BCUT2D eigenvalue weighted by Gasteiger charge is -2.03. The fraction of sp³-hybridized carbons (Fsp3) is 0.273. The Morgan fingerprint density at radius 3 is 2.78 bits per heavy atom. The first-order valence-electron chi connectivity index (χ1n) is 5.21. The van der Waals surface area contributed by atoms with Crippen LogP contribution in [0.15, 0.2) is 22.6 Å². The number of anilines is 1. The van der Waals surface area contributed by atoms with Gasteiger partial charge in [-0.3, -0.25) is 0 Å². The van der Waals surface area contributed by atoms with E-state index in [0.29, 0.717) is 5.56 Å². The number of aromatic nitrogens is 2. The SMILES string of the molecule is CC(Cl)c1nnc(NCc2ccc(F)cc2F)o1. The van der Waals surface area contributed by atoms with Crippen LogP contribution in [0.2, 0.25) is 0 Å². The molecule has 1 unspecified atom stereocenters. The third kappa shape index (κ3) is 2.95. The molecular weight excluding hydrogens is 264 g/mol. The van der Waals surface area contributed by atoms with Gasteiger partial charge in [-0.2, -0.15) is 0 Å². The van der Waals surface area contributed by atoms with Crippen molar-refractivity contribution in [1.82, 2.24) is 10.2 Å². The molecule has 0 radical (unpaired) electrons. The summed E-state index contributed by atoms with van der Waals surface area (Å²) in [6.45, 7) is 1.81. The zero-order valence-electron chi connectivity index (χ0n) is 9.45. The zero-order valence-corrected chi connectivity index (χ0v) is 10.2. The van der Waals surface area contributed by atoms with Crippen LogP contribution in [-0.2, 0) is 6.54 Å². The Labute approximate surface area is 107 Å². The molecule has 0 spiro atoms. The molecule has 2 rings (SSSR count). The molecule has 0 saturated heterocycles. The van der Waals surface area contributed by atoms with Crippen molar-refractivity contribution in [1.29, 1.82) is 0 Å². The standard InChI is InChI=1S/C11H10ClF2N3O/c1-6(12)10-16-17-11(18-10)15-5-7-2-3-8(13)4-9(7)14/h2-4,6H,5H2,1H3,(H,15,17). The molecule has 18 heavy (non-hydrogen) atoms. The van der Waals surface area contributed by atoms with E-state index in [1.54, 1.807) is 6.92 Å². The van der Waals surface area contributed by atoms with Gasteiger partial charge in [-0.1, -0.05) is 11.2 Å². The van der Waals surface area contributed by atoms with Gasteiger partial charge in [0.15, 0.2) is 0 Å². The van der Waals surface area contributed by atoms with E-state index in [4.69, 9.17) is 16.0 Å². The molecule has 0 saturated carbocycles. The molecule has 0 aliphatic rings. The first kappa shape index (κ1) is 12.8. The maximum Gasteiger partial charge on any atom is 0.315 e. The summed E-state index contributed by atoms with van der Waals surface area (Å²) in [4.78, 5) is 0. The fourth-order valence-electron chi connectivity index (χ4n) is 1.30. The van der Waals surface area contributed by atoms with Crippen molar-refractivity contribution in [2.75, 3.05) is 5.32 Å². The molecule has 1 aromatic carbocycles. The molecule has 4 nitrogen and oxygen atoms in total. The van der Waals surface area contributed by atoms with E-state index >= 15 is 0 Å². The van der Waals surface area contributed by atoms with Crippen LogP contribution in [0.4, 0.5) is 14.8 Å². The van der Waals surface area contributed by atoms with E-state index in [1.807, 2.05) is 0 Å². The minimum absolute atomic E-state index is 0.115. The number of benzene rings is 1. The monoisotopic (exact) mass is 273 g/mol. The fourth-order valence-corrected chi connectivity index (χ4v) is 1.39. The summed E-state index contributed by atoms with van der Waals surface area (Å²) in [5.74, 6) is -0.973. The molecule has 0 amide bonds. The normalized spacial score (nSPS) is 12.4. The molecular formula is C11H10ClF2N3O. The van der Waals surface area contributed by atoms with Crippen LogP contribution in [0.5, 0.6) is 0 Å². The average Bonchev–Trinajstić information content (AvgIpc) is 2.76. The summed E-state index contributed by atoms with van der Waals surface area (Å²) in [6.07, 6.45) is 0. The second-order valence-electron chi connectivity index (χ2n) is 3.65. The first-order chi connectivity index (χ1) is 8.56. The number of hydrogen-bond acceptors (Lipinski definition) is 4. The van der Waals surface area contributed by atoms with Crippen molar-refractivity contribution in [2.24, 2.45) is 0 Å². The highest BCUT2D eigenvalue weighted by atomic mass is 35.5. The Hall–Kier alpha value is -1.69. The quantitative estimate of drug-likeness (QED) is 0.869. The Balaban J connectivity index is 2.02. The molecule has 2 aromatic rings. The Morgan fingerprint density at radius 1 is 1.39 bits per heavy atom. The summed E-state index contributed by atoms with van der Waals surface area (Å²) < 4.78 is 31.2. The third-order valence-electron chi connectivity index (χ3n) is 2.23. The highest BCUT2D eigenvalue weighted by Gasteiger charge is 2.11. The first-order valence-corrected chi connectivity index (χ1v) is 5.65. The highest BCUT2D eigenvalue weighted by Crippen LogP contribution is 2.19. The predicted molar refractivity (Wildman–Crippen MR) is 62.3 cm³/mol. The molecule has 1 atom stereocenters. The van der Waals surface area contributed by atoms with Gasteiger partial charge in [0.2, 0.25) is 5.89 Å². The molecule has 1 aromatic heterocycles. The predicted octanol–water partition coefficient (Wildman–Crippen LogP) is 3.26. The maximum atomic E-state index is 13.3. The highest BCUT2D eigenvalue weighted by molar-refractivity contribution is 6.20. The van der Waals surface area contributed by atoms with E-state index in [2.05, 4.69) is 15.5 Å². The summed E-state index contributed by atoms with van der Waals surface area (Å²) >= 11 is 5.75. The molecule has 0 bridgehead atoms. The number of hydrogen-bond donors (Lipinski definition) is 1. The van der Waals surface area contributed by atoms with E-state index in [-0.39, 0.29) is 18.5 Å². The van der Waals surface area contributed by atoms with E-state index < -0.39 is 17.0 Å². The number of nitrogens with one attached hydrogen (secondary N) is 1. The Kier molecular flexibility index (Phi) is 3.76. The van der Waals surface area contributed by atoms with E-state index in [0.717, 1.165) is 6.07 Å². The number of rotatable bonds is 4. The topological polar surface area (TPSA) is 51.0 Å². The smallest absolute Gasteiger partial charge is 0.315 e. The van der Waals surface area contributed by atoms with Gasteiger partial charge in [-0.05, 0) is 13.0 Å². The maximum absolute atomic E-state index is 13.3. The Bertz CT molecular complexity index is 545. The summed E-state index contributed by atoms with van der Waals surface area (Å²) in [7, 11) is 0. The molecule has 0 aliphatic heterocycles. The molecule has 0 aliphatic carbocycles. The minimum Gasteiger partial charge on any atom is -0.406 e. The van der Waals surface area contributed by atoms with Crippen LogP contribution in [0.1, 0.15) is 23.8 Å². The molecule has 96 valence electrons. The van der Waals surface area contributed by atoms with Crippen LogP contribution in [0.25, 0.3) is 0 Å². The molecule has 7 heteroatoms. The van der Waals surface area contributed by atoms with Gasteiger partial charge in [0.1, 0.15) is 17.0 Å². The molecule has 1 heterocycles. The second kappa shape index (κ2) is 5.30. The van der Waals surface area contributed by atoms with Crippen molar-refractivity contribution in [2.45, 2.75) is 18.8 Å². The zero-order chi connectivity index (χ0) is 13.1. The number of alkyl halides is 1. The Morgan fingerprint density at radius 2 is 2.17 bits per heavy atom. The van der Waals surface area contributed by atoms with E-state index in [1.165, 1.54) is 12.1 Å². The van der Waals surface area contributed by atoms with Crippen molar-refractivity contribution in [3.63, 3.8) is 0 Å². The van der Waals surface area contributed by atoms with Gasteiger partial charge in [-0.15, -0.1) is 16.7 Å².